The minimum Gasteiger partial charge on any atom is -0.314 e. The van der Waals surface area contributed by atoms with E-state index in [-0.39, 0.29) is 0 Å². The molecule has 0 bridgehead atoms. The Bertz CT molecular complexity index is 433. The Kier molecular flexibility index (Phi) is 2.76. The molecule has 1 aromatic heterocycles. The molecule has 0 spiro atoms. The molecule has 84 valence electrons. The summed E-state index contributed by atoms with van der Waals surface area (Å²) in [7, 11) is -1.56. The van der Waals surface area contributed by atoms with Crippen molar-refractivity contribution in [2.75, 3.05) is 26.2 Å². The predicted octanol–water partition coefficient (Wildman–Crippen LogP) is -1.69. The van der Waals surface area contributed by atoms with Crippen molar-refractivity contribution >= 4 is 10.2 Å². The van der Waals surface area contributed by atoms with Gasteiger partial charge in [-0.3, -0.25) is 0 Å². The molecule has 0 aromatic carbocycles. The van der Waals surface area contributed by atoms with Gasteiger partial charge in [0.2, 0.25) is 0 Å². The molecule has 0 amide bonds. The lowest BCUT2D eigenvalue weighted by atomic mass is 10.4. The summed E-state index contributed by atoms with van der Waals surface area (Å²) in [6, 6.07) is 0. The molecule has 7 heteroatoms. The molecule has 0 unspecified atom stereocenters. The molecule has 2 rings (SSSR count). The first-order valence-corrected chi connectivity index (χ1v) is 6.25. The summed E-state index contributed by atoms with van der Waals surface area (Å²) in [6.07, 6.45) is 4.81. The molecular weight excluding hydrogens is 216 g/mol. The molecule has 1 fully saturated rings. The van der Waals surface area contributed by atoms with Gasteiger partial charge in [0.15, 0.2) is 0 Å². The first-order valence-electron chi connectivity index (χ1n) is 4.85. The number of nitrogens with zero attached hydrogens (tertiary/aromatic N) is 3. The summed E-state index contributed by atoms with van der Waals surface area (Å²) in [5.41, 5.74) is 0. The SMILES string of the molecule is C[n+]1ccn(S(=O)(=O)N2CCNCC2)c1. The van der Waals surface area contributed by atoms with E-state index in [4.69, 9.17) is 0 Å². The number of rotatable bonds is 2. The van der Waals surface area contributed by atoms with Crippen molar-refractivity contribution < 1.29 is 13.0 Å². The van der Waals surface area contributed by atoms with Crippen LogP contribution in [-0.2, 0) is 17.3 Å². The lowest BCUT2D eigenvalue weighted by Crippen LogP contribution is -2.48. The summed E-state index contributed by atoms with van der Waals surface area (Å²) >= 11 is 0. The van der Waals surface area contributed by atoms with Crippen molar-refractivity contribution in [1.29, 1.82) is 0 Å². The molecule has 0 aliphatic carbocycles. The number of nitrogens with one attached hydrogen (secondary N) is 1. The summed E-state index contributed by atoms with van der Waals surface area (Å²) < 4.78 is 28.5. The predicted molar refractivity (Wildman–Crippen MR) is 54.4 cm³/mol. The van der Waals surface area contributed by atoms with Crippen molar-refractivity contribution in [3.05, 3.63) is 18.7 Å². The lowest BCUT2D eigenvalue weighted by Gasteiger charge is -2.23. The maximum Gasteiger partial charge on any atom is 0.379 e. The zero-order valence-electron chi connectivity index (χ0n) is 8.63. The van der Waals surface area contributed by atoms with Crippen LogP contribution in [0.4, 0.5) is 0 Å². The van der Waals surface area contributed by atoms with Crippen LogP contribution < -0.4 is 9.88 Å². The Hall–Kier alpha value is -0.920. The van der Waals surface area contributed by atoms with Gasteiger partial charge < -0.3 is 5.32 Å². The van der Waals surface area contributed by atoms with Gasteiger partial charge in [-0.05, 0) is 0 Å². The van der Waals surface area contributed by atoms with Gasteiger partial charge in [-0.25, -0.2) is 4.57 Å². The molecule has 15 heavy (non-hydrogen) atoms. The van der Waals surface area contributed by atoms with Gasteiger partial charge in [0.1, 0.15) is 12.4 Å². The third-order valence-corrected chi connectivity index (χ3v) is 4.18. The second kappa shape index (κ2) is 3.92. The van der Waals surface area contributed by atoms with Crippen LogP contribution in [0.3, 0.4) is 0 Å². The Morgan fingerprint density at radius 1 is 1.33 bits per heavy atom. The molecular formula is C8H15N4O2S+. The number of aryl methyl sites for hydroxylation is 1. The fraction of sp³-hybridized carbons (Fsp3) is 0.625. The fourth-order valence-electron chi connectivity index (χ4n) is 1.57. The van der Waals surface area contributed by atoms with Crippen LogP contribution in [-0.4, -0.2) is 42.9 Å². The average Bonchev–Trinajstić information content (AvgIpc) is 2.67. The lowest BCUT2D eigenvalue weighted by molar-refractivity contribution is -0.670. The van der Waals surface area contributed by atoms with Crippen LogP contribution in [0.2, 0.25) is 0 Å². The highest BCUT2D eigenvalue weighted by Crippen LogP contribution is 2.05. The van der Waals surface area contributed by atoms with E-state index >= 15 is 0 Å². The van der Waals surface area contributed by atoms with Crippen molar-refractivity contribution in [2.24, 2.45) is 7.05 Å². The van der Waals surface area contributed by atoms with E-state index in [1.54, 1.807) is 30.3 Å². The molecule has 2 heterocycles. The smallest absolute Gasteiger partial charge is 0.314 e. The minimum atomic E-state index is -3.35. The molecule has 1 N–H and O–H groups in total. The number of hydrogen-bond acceptors (Lipinski definition) is 3. The quantitative estimate of drug-likeness (QED) is 0.618. The van der Waals surface area contributed by atoms with E-state index < -0.39 is 10.2 Å². The minimum absolute atomic E-state index is 0.532. The molecule has 1 aliphatic heterocycles. The Balaban J connectivity index is 2.26. The van der Waals surface area contributed by atoms with Crippen LogP contribution in [0.15, 0.2) is 18.7 Å². The maximum atomic E-state index is 12.0. The number of imidazole rings is 1. The van der Waals surface area contributed by atoms with Gasteiger partial charge in [-0.15, -0.1) is 3.97 Å². The molecule has 0 saturated carbocycles. The summed E-state index contributed by atoms with van der Waals surface area (Å²) in [5.74, 6) is 0. The largest absolute Gasteiger partial charge is 0.379 e. The Morgan fingerprint density at radius 2 is 2.00 bits per heavy atom. The van der Waals surface area contributed by atoms with Crippen LogP contribution in [0.1, 0.15) is 0 Å². The number of aromatic nitrogens is 2. The average molecular weight is 231 g/mol. The zero-order valence-corrected chi connectivity index (χ0v) is 9.44. The summed E-state index contributed by atoms with van der Waals surface area (Å²) in [4.78, 5) is 0. The van der Waals surface area contributed by atoms with Crippen molar-refractivity contribution in [2.45, 2.75) is 0 Å². The summed E-state index contributed by atoms with van der Waals surface area (Å²) in [5, 5.41) is 3.12. The Labute approximate surface area is 89.3 Å². The van der Waals surface area contributed by atoms with Crippen molar-refractivity contribution in [3.8, 4) is 0 Å². The van der Waals surface area contributed by atoms with Crippen LogP contribution in [0.25, 0.3) is 0 Å². The number of hydrogen-bond donors (Lipinski definition) is 1. The van der Waals surface area contributed by atoms with Gasteiger partial charge in [-0.2, -0.15) is 12.7 Å². The van der Waals surface area contributed by atoms with Crippen LogP contribution in [0, 0.1) is 0 Å². The molecule has 6 nitrogen and oxygen atoms in total. The standard InChI is InChI=1S/C8H15N4O2S/c1-10-6-7-12(8-10)15(13,14)11-4-2-9-3-5-11/h6-9H,2-5H2,1H3/q+1. The topological polar surface area (TPSA) is 58.2 Å². The van der Waals surface area contributed by atoms with Gasteiger partial charge in [0.25, 0.3) is 6.33 Å². The van der Waals surface area contributed by atoms with E-state index in [0.29, 0.717) is 26.2 Å². The molecule has 1 saturated heterocycles. The van der Waals surface area contributed by atoms with E-state index in [9.17, 15) is 8.42 Å². The highest BCUT2D eigenvalue weighted by molar-refractivity contribution is 7.87. The third kappa shape index (κ3) is 2.04. The molecule has 1 aliphatic rings. The Morgan fingerprint density at radius 3 is 2.53 bits per heavy atom. The first-order chi connectivity index (χ1) is 7.10. The normalized spacial score (nSPS) is 19.3. The van der Waals surface area contributed by atoms with Crippen molar-refractivity contribution in [1.82, 2.24) is 13.6 Å². The van der Waals surface area contributed by atoms with Crippen molar-refractivity contribution in [3.63, 3.8) is 0 Å². The summed E-state index contributed by atoms with van der Waals surface area (Å²) in [6.45, 7) is 2.49. The highest BCUT2D eigenvalue weighted by atomic mass is 32.2. The number of piperazine rings is 1. The van der Waals surface area contributed by atoms with E-state index in [0.717, 1.165) is 0 Å². The van der Waals surface area contributed by atoms with Gasteiger partial charge >= 0.3 is 10.2 Å². The zero-order chi connectivity index (χ0) is 10.9. The molecule has 0 atom stereocenters. The fourth-order valence-corrected chi connectivity index (χ4v) is 2.96. The van der Waals surface area contributed by atoms with E-state index in [1.807, 2.05) is 0 Å². The van der Waals surface area contributed by atoms with Crippen LogP contribution >= 0.6 is 0 Å². The monoisotopic (exact) mass is 231 g/mol. The third-order valence-electron chi connectivity index (χ3n) is 2.41. The van der Waals surface area contributed by atoms with Gasteiger partial charge in [0.05, 0.1) is 7.05 Å². The second-order valence-corrected chi connectivity index (χ2v) is 5.40. The molecule has 0 radical (unpaired) electrons. The van der Waals surface area contributed by atoms with Gasteiger partial charge in [0, 0.05) is 26.2 Å². The van der Waals surface area contributed by atoms with E-state index in [2.05, 4.69) is 5.32 Å². The second-order valence-electron chi connectivity index (χ2n) is 3.57. The highest BCUT2D eigenvalue weighted by Gasteiger charge is 2.29. The maximum absolute atomic E-state index is 12.0. The van der Waals surface area contributed by atoms with E-state index in [1.165, 1.54) is 8.28 Å². The van der Waals surface area contributed by atoms with Crippen LogP contribution in [0.5, 0.6) is 0 Å². The molecule has 1 aromatic rings. The van der Waals surface area contributed by atoms with Gasteiger partial charge in [-0.1, -0.05) is 0 Å². The first kappa shape index (κ1) is 10.6.